The van der Waals surface area contributed by atoms with E-state index in [0.717, 1.165) is 5.56 Å². The summed E-state index contributed by atoms with van der Waals surface area (Å²) >= 11 is 0. The molecule has 22 heavy (non-hydrogen) atoms. The third-order valence-corrected chi connectivity index (χ3v) is 3.49. The molecule has 1 unspecified atom stereocenters. The van der Waals surface area contributed by atoms with Crippen molar-refractivity contribution >= 4 is 17.5 Å². The van der Waals surface area contributed by atoms with Crippen molar-refractivity contribution in [2.45, 2.75) is 25.0 Å². The summed E-state index contributed by atoms with van der Waals surface area (Å²) in [6.07, 6.45) is 2.33. The first-order valence-electron chi connectivity index (χ1n) is 7.01. The zero-order chi connectivity index (χ0) is 15.6. The number of H-pyrrole nitrogens is 1. The molecule has 0 saturated heterocycles. The summed E-state index contributed by atoms with van der Waals surface area (Å²) < 4.78 is 0. The van der Waals surface area contributed by atoms with Crippen molar-refractivity contribution in [1.82, 2.24) is 9.97 Å². The summed E-state index contributed by atoms with van der Waals surface area (Å²) in [6, 6.07) is 9.77. The van der Waals surface area contributed by atoms with E-state index in [2.05, 4.69) is 20.3 Å². The molecule has 0 aliphatic carbocycles. The monoisotopic (exact) mass is 299 g/mol. The number of benzene rings is 1. The van der Waals surface area contributed by atoms with Gasteiger partial charge in [-0.25, -0.2) is 9.98 Å². The van der Waals surface area contributed by atoms with Gasteiger partial charge in [0, 0.05) is 12.8 Å². The van der Waals surface area contributed by atoms with Gasteiger partial charge in [0.2, 0.25) is 0 Å². The fraction of sp³-hybridized carbons (Fsp3) is 0.267. The Labute approximate surface area is 127 Å². The van der Waals surface area contributed by atoms with E-state index in [9.17, 15) is 4.79 Å². The molecule has 0 bridgehead atoms. The van der Waals surface area contributed by atoms with Crippen molar-refractivity contribution in [2.75, 3.05) is 5.32 Å². The van der Waals surface area contributed by atoms with Gasteiger partial charge in [0.15, 0.2) is 11.6 Å². The van der Waals surface area contributed by atoms with E-state index in [-0.39, 0.29) is 6.42 Å². The fourth-order valence-corrected chi connectivity index (χ4v) is 2.54. The van der Waals surface area contributed by atoms with Crippen LogP contribution < -0.4 is 11.1 Å². The van der Waals surface area contributed by atoms with Gasteiger partial charge in [-0.1, -0.05) is 30.3 Å². The molecule has 0 amide bonds. The molecule has 7 nitrogen and oxygen atoms in total. The van der Waals surface area contributed by atoms with Crippen LogP contribution in [0.25, 0.3) is 0 Å². The highest BCUT2D eigenvalue weighted by Crippen LogP contribution is 2.26. The Bertz CT molecular complexity index is 710. The third kappa shape index (κ3) is 2.99. The topological polar surface area (TPSA) is 116 Å². The maximum atomic E-state index is 10.8. The van der Waals surface area contributed by atoms with Crippen LogP contribution in [0.15, 0.2) is 41.7 Å². The number of aromatic nitrogens is 2. The fourth-order valence-electron chi connectivity index (χ4n) is 2.54. The lowest BCUT2D eigenvalue weighted by Crippen LogP contribution is -2.51. The number of aliphatic imine (C=N–C) groups is 1. The summed E-state index contributed by atoms with van der Waals surface area (Å²) in [5.74, 6) is -1.29. The number of hydrogen-bond donors (Lipinski definition) is 4. The molecule has 1 aromatic carbocycles. The minimum absolute atomic E-state index is 0.00128. The molecular formula is C15H17N5O2. The lowest BCUT2D eigenvalue weighted by Gasteiger charge is -2.31. The van der Waals surface area contributed by atoms with E-state index >= 15 is 0 Å². The molecule has 0 fully saturated rings. The van der Waals surface area contributed by atoms with Gasteiger partial charge >= 0.3 is 5.97 Å². The Morgan fingerprint density at radius 1 is 1.32 bits per heavy atom. The molecule has 1 aromatic heterocycles. The van der Waals surface area contributed by atoms with Crippen LogP contribution in [0.4, 0.5) is 5.82 Å². The first-order chi connectivity index (χ1) is 10.6. The number of anilines is 1. The van der Waals surface area contributed by atoms with Crippen molar-refractivity contribution < 1.29 is 9.90 Å². The van der Waals surface area contributed by atoms with Crippen molar-refractivity contribution in [2.24, 2.45) is 10.7 Å². The molecular weight excluding hydrogens is 282 g/mol. The molecule has 114 valence electrons. The number of carboxylic acids is 1. The molecule has 1 atom stereocenters. The normalized spacial score (nSPS) is 20.0. The highest BCUT2D eigenvalue weighted by Gasteiger charge is 2.32. The average Bonchev–Trinajstić information content (AvgIpc) is 2.93. The van der Waals surface area contributed by atoms with E-state index in [0.29, 0.717) is 30.1 Å². The van der Waals surface area contributed by atoms with Crippen LogP contribution in [0.2, 0.25) is 0 Å². The summed E-state index contributed by atoms with van der Waals surface area (Å²) in [5, 5.41) is 12.0. The van der Waals surface area contributed by atoms with Gasteiger partial charge in [-0.05, 0) is 5.56 Å². The second-order valence-corrected chi connectivity index (χ2v) is 5.29. The zero-order valence-electron chi connectivity index (χ0n) is 11.9. The minimum Gasteiger partial charge on any atom is -0.481 e. The molecule has 1 aliphatic heterocycles. The number of rotatable bonds is 5. The number of carbonyl (C=O) groups is 1. The predicted molar refractivity (Wildman–Crippen MR) is 82.7 cm³/mol. The smallest absolute Gasteiger partial charge is 0.303 e. The van der Waals surface area contributed by atoms with Gasteiger partial charge in [-0.15, -0.1) is 0 Å². The largest absolute Gasteiger partial charge is 0.481 e. The number of carboxylic acid groups (broad SMARTS) is 1. The number of imidazole rings is 1. The van der Waals surface area contributed by atoms with Gasteiger partial charge in [0.1, 0.15) is 5.69 Å². The lowest BCUT2D eigenvalue weighted by atomic mass is 10.0. The van der Waals surface area contributed by atoms with Crippen LogP contribution in [0, 0.1) is 0 Å². The number of nitrogens with zero attached hydrogens (tertiary/aromatic N) is 2. The summed E-state index contributed by atoms with van der Waals surface area (Å²) in [6.45, 7) is 0. The third-order valence-electron chi connectivity index (χ3n) is 3.49. The van der Waals surface area contributed by atoms with Crippen molar-refractivity contribution in [1.29, 1.82) is 0 Å². The molecule has 2 aromatic rings. The Balaban J connectivity index is 1.88. The summed E-state index contributed by atoms with van der Waals surface area (Å²) in [4.78, 5) is 22.5. The second kappa shape index (κ2) is 5.61. The Morgan fingerprint density at radius 3 is 2.82 bits per heavy atom. The Hall–Kier alpha value is -2.67. The van der Waals surface area contributed by atoms with E-state index in [1.807, 2.05) is 30.3 Å². The molecule has 0 radical (unpaired) electrons. The number of fused-ring (bicyclic) bond motifs is 1. The predicted octanol–water partition coefficient (Wildman–Crippen LogP) is 1.34. The van der Waals surface area contributed by atoms with Crippen LogP contribution in [0.3, 0.4) is 0 Å². The summed E-state index contributed by atoms with van der Waals surface area (Å²) in [5.41, 5.74) is 8.74. The maximum Gasteiger partial charge on any atom is 0.303 e. The highest BCUT2D eigenvalue weighted by atomic mass is 16.4. The van der Waals surface area contributed by atoms with Gasteiger partial charge in [-0.2, -0.15) is 0 Å². The van der Waals surface area contributed by atoms with E-state index in [4.69, 9.17) is 10.8 Å². The Kier molecular flexibility index (Phi) is 3.64. The van der Waals surface area contributed by atoms with Gasteiger partial charge < -0.3 is 15.4 Å². The molecule has 0 saturated carbocycles. The van der Waals surface area contributed by atoms with Crippen LogP contribution >= 0.6 is 0 Å². The standard InChI is InChI=1S/C15H17N5O2/c16-15(8-10-4-2-1-3-5-10)19-11(6-7-12(21)22)13-14(20-15)18-9-17-13/h1-5,9,20H,6-8,16H2,(H,17,18)(H,21,22). The van der Waals surface area contributed by atoms with E-state index in [1.54, 1.807) is 6.33 Å². The van der Waals surface area contributed by atoms with Gasteiger partial charge in [0.25, 0.3) is 0 Å². The zero-order valence-corrected chi connectivity index (χ0v) is 11.9. The molecule has 1 aliphatic rings. The number of aliphatic carboxylic acids is 1. The average molecular weight is 299 g/mol. The SMILES string of the molecule is NC1(Cc2ccccc2)N=C(CCC(=O)O)c2[nH]cnc2N1. The molecule has 2 heterocycles. The second-order valence-electron chi connectivity index (χ2n) is 5.29. The summed E-state index contributed by atoms with van der Waals surface area (Å²) in [7, 11) is 0. The molecule has 3 rings (SSSR count). The van der Waals surface area contributed by atoms with Crippen molar-refractivity contribution in [3.05, 3.63) is 47.9 Å². The molecule has 7 heteroatoms. The lowest BCUT2D eigenvalue weighted by molar-refractivity contribution is -0.136. The molecule has 5 N–H and O–H groups in total. The highest BCUT2D eigenvalue weighted by molar-refractivity contribution is 6.05. The van der Waals surface area contributed by atoms with Gasteiger partial charge in [0.05, 0.1) is 18.5 Å². The first-order valence-corrected chi connectivity index (χ1v) is 7.01. The number of nitrogens with one attached hydrogen (secondary N) is 2. The van der Waals surface area contributed by atoms with Crippen LogP contribution in [0.1, 0.15) is 24.1 Å². The Morgan fingerprint density at radius 2 is 2.09 bits per heavy atom. The molecule has 0 spiro atoms. The van der Waals surface area contributed by atoms with Crippen molar-refractivity contribution in [3.63, 3.8) is 0 Å². The minimum atomic E-state index is -1.03. The quantitative estimate of drug-likeness (QED) is 0.665. The van der Waals surface area contributed by atoms with Crippen molar-refractivity contribution in [3.8, 4) is 0 Å². The van der Waals surface area contributed by atoms with Crippen LogP contribution in [-0.4, -0.2) is 32.5 Å². The maximum absolute atomic E-state index is 10.8. The number of nitrogens with two attached hydrogens (primary N) is 1. The van der Waals surface area contributed by atoms with E-state index in [1.165, 1.54) is 0 Å². The van der Waals surface area contributed by atoms with Gasteiger partial charge in [-0.3, -0.25) is 10.5 Å². The first kappa shape index (κ1) is 14.3. The van der Waals surface area contributed by atoms with Crippen LogP contribution in [-0.2, 0) is 11.2 Å². The number of aromatic amines is 1. The number of hydrogen-bond acceptors (Lipinski definition) is 5. The van der Waals surface area contributed by atoms with Crippen LogP contribution in [0.5, 0.6) is 0 Å². The van der Waals surface area contributed by atoms with E-state index < -0.39 is 11.8 Å².